The van der Waals surface area contributed by atoms with Crippen LogP contribution in [0.15, 0.2) is 0 Å². The molecule has 0 heterocycles. The molecule has 0 rings (SSSR count). The lowest BCUT2D eigenvalue weighted by atomic mass is 10.3. The Labute approximate surface area is 76.1 Å². The average Bonchev–Trinajstić information content (AvgIpc) is 1.84. The SMILES string of the molecule is CN(C)[C@@H](N)[C@H](O)CBr.Cl. The van der Waals surface area contributed by atoms with Crippen LogP contribution in [0.5, 0.6) is 0 Å². The van der Waals surface area contributed by atoms with Crippen LogP contribution in [0, 0.1) is 0 Å². The lowest BCUT2D eigenvalue weighted by molar-refractivity contribution is 0.0986. The van der Waals surface area contributed by atoms with E-state index < -0.39 is 6.10 Å². The second-order valence-electron chi connectivity index (χ2n) is 2.18. The normalized spacial score (nSPS) is 16.2. The molecule has 0 unspecified atom stereocenters. The zero-order chi connectivity index (χ0) is 7.44. The minimum absolute atomic E-state index is 0. The fourth-order valence-corrected chi connectivity index (χ4v) is 0.818. The van der Waals surface area contributed by atoms with Gasteiger partial charge in [-0.15, -0.1) is 12.4 Å². The van der Waals surface area contributed by atoms with E-state index in [1.165, 1.54) is 0 Å². The number of rotatable bonds is 3. The summed E-state index contributed by atoms with van der Waals surface area (Å²) in [6.45, 7) is 0. The van der Waals surface area contributed by atoms with Gasteiger partial charge in [0.15, 0.2) is 0 Å². The lowest BCUT2D eigenvalue weighted by Gasteiger charge is -2.23. The van der Waals surface area contributed by atoms with Gasteiger partial charge in [0.05, 0.1) is 12.3 Å². The largest absolute Gasteiger partial charge is 0.389 e. The highest BCUT2D eigenvalue weighted by molar-refractivity contribution is 9.09. The Morgan fingerprint density at radius 2 is 2.00 bits per heavy atom. The van der Waals surface area contributed by atoms with Gasteiger partial charge in [0.2, 0.25) is 0 Å². The summed E-state index contributed by atoms with van der Waals surface area (Å²) in [5, 5.41) is 9.60. The minimum Gasteiger partial charge on any atom is -0.389 e. The number of hydrogen-bond acceptors (Lipinski definition) is 3. The molecule has 2 atom stereocenters. The van der Waals surface area contributed by atoms with E-state index in [1.807, 2.05) is 14.1 Å². The predicted octanol–water partition coefficient (Wildman–Crippen LogP) is 0.0104. The predicted molar refractivity (Wildman–Crippen MR) is 48.7 cm³/mol. The van der Waals surface area contributed by atoms with Crippen molar-refractivity contribution < 1.29 is 5.11 Å². The lowest BCUT2D eigenvalue weighted by Crippen LogP contribution is -2.46. The molecule has 0 aliphatic rings. The summed E-state index contributed by atoms with van der Waals surface area (Å²) in [6.07, 6.45) is -0.760. The summed E-state index contributed by atoms with van der Waals surface area (Å²) in [6, 6.07) is 0. The van der Waals surface area contributed by atoms with Crippen molar-refractivity contribution in [2.24, 2.45) is 5.73 Å². The number of likely N-dealkylation sites (N-methyl/N-ethyl adjacent to an activating group) is 1. The van der Waals surface area contributed by atoms with Crippen LogP contribution in [0.1, 0.15) is 0 Å². The number of halogens is 2. The Hall–Kier alpha value is 0.650. The smallest absolute Gasteiger partial charge is 0.0921 e. The van der Waals surface area contributed by atoms with Crippen LogP contribution in [0.3, 0.4) is 0 Å². The number of aliphatic hydroxyl groups is 1. The maximum absolute atomic E-state index is 9.08. The van der Waals surface area contributed by atoms with Gasteiger partial charge >= 0.3 is 0 Å². The number of aliphatic hydroxyl groups excluding tert-OH is 1. The number of nitrogens with two attached hydrogens (primary N) is 1. The van der Waals surface area contributed by atoms with Crippen molar-refractivity contribution in [3.05, 3.63) is 0 Å². The summed E-state index contributed by atoms with van der Waals surface area (Å²) in [5.41, 5.74) is 5.52. The fraction of sp³-hybridized carbons (Fsp3) is 1.00. The molecule has 10 heavy (non-hydrogen) atoms. The molecule has 0 amide bonds. The summed E-state index contributed by atoms with van der Waals surface area (Å²) in [5.74, 6) is 0. The maximum Gasteiger partial charge on any atom is 0.0921 e. The van der Waals surface area contributed by atoms with Gasteiger partial charge in [0.1, 0.15) is 0 Å². The standard InChI is InChI=1S/C5H13BrN2O.ClH/c1-8(2)5(7)4(9)3-6;/h4-5,9H,3,7H2,1-2H3;1H/t4-,5-;/m1./s1. The third-order valence-corrected chi connectivity index (χ3v) is 1.81. The topological polar surface area (TPSA) is 49.5 Å². The summed E-state index contributed by atoms with van der Waals surface area (Å²) in [7, 11) is 3.66. The van der Waals surface area contributed by atoms with Crippen molar-refractivity contribution >= 4 is 28.3 Å². The molecule has 0 aromatic rings. The highest BCUT2D eigenvalue weighted by Gasteiger charge is 2.13. The van der Waals surface area contributed by atoms with Crippen LogP contribution in [0.25, 0.3) is 0 Å². The van der Waals surface area contributed by atoms with Crippen molar-refractivity contribution in [1.82, 2.24) is 4.90 Å². The van der Waals surface area contributed by atoms with Crippen molar-refractivity contribution in [2.45, 2.75) is 12.3 Å². The molecule has 3 nitrogen and oxygen atoms in total. The first kappa shape index (κ1) is 13.3. The first-order valence-corrected chi connectivity index (χ1v) is 3.87. The quantitative estimate of drug-likeness (QED) is 0.533. The van der Waals surface area contributed by atoms with Gasteiger partial charge in [-0.05, 0) is 14.1 Å². The molecule has 5 heteroatoms. The Morgan fingerprint density at radius 1 is 1.60 bits per heavy atom. The van der Waals surface area contributed by atoms with Crippen molar-refractivity contribution in [2.75, 3.05) is 19.4 Å². The average molecular weight is 234 g/mol. The fourth-order valence-electron chi connectivity index (χ4n) is 0.435. The van der Waals surface area contributed by atoms with Crippen molar-refractivity contribution in [1.29, 1.82) is 0 Å². The van der Waals surface area contributed by atoms with E-state index in [2.05, 4.69) is 15.9 Å². The molecule has 0 aromatic carbocycles. The van der Waals surface area contributed by atoms with Gasteiger partial charge in [-0.3, -0.25) is 4.90 Å². The van der Waals surface area contributed by atoms with Crippen LogP contribution in [0.2, 0.25) is 0 Å². The van der Waals surface area contributed by atoms with Crippen molar-refractivity contribution in [3.63, 3.8) is 0 Å². The van der Waals surface area contributed by atoms with E-state index in [-0.39, 0.29) is 18.6 Å². The van der Waals surface area contributed by atoms with E-state index in [9.17, 15) is 0 Å². The van der Waals surface area contributed by atoms with Gasteiger partial charge in [0, 0.05) is 5.33 Å². The molecule has 0 aliphatic heterocycles. The van der Waals surface area contributed by atoms with E-state index in [1.54, 1.807) is 4.90 Å². The van der Waals surface area contributed by atoms with Crippen LogP contribution in [0.4, 0.5) is 0 Å². The number of alkyl halides is 1. The molecule has 0 radical (unpaired) electrons. The van der Waals surface area contributed by atoms with E-state index in [0.717, 1.165) is 0 Å². The summed E-state index contributed by atoms with van der Waals surface area (Å²) < 4.78 is 0. The van der Waals surface area contributed by atoms with Gasteiger partial charge in [0.25, 0.3) is 0 Å². The zero-order valence-corrected chi connectivity index (χ0v) is 8.52. The molecule has 0 aliphatic carbocycles. The molecule has 0 saturated heterocycles. The van der Waals surface area contributed by atoms with E-state index >= 15 is 0 Å². The van der Waals surface area contributed by atoms with Crippen LogP contribution in [-0.4, -0.2) is 41.7 Å². The van der Waals surface area contributed by atoms with Gasteiger partial charge in [-0.2, -0.15) is 0 Å². The molecule has 0 bridgehead atoms. The van der Waals surface area contributed by atoms with E-state index in [0.29, 0.717) is 5.33 Å². The molecular weight excluding hydrogens is 219 g/mol. The number of hydrogen-bond donors (Lipinski definition) is 2. The Balaban J connectivity index is 0. The second kappa shape index (κ2) is 6.37. The van der Waals surface area contributed by atoms with Crippen LogP contribution >= 0.6 is 28.3 Å². The third kappa shape index (κ3) is 4.46. The van der Waals surface area contributed by atoms with Gasteiger partial charge in [-0.1, -0.05) is 15.9 Å². The van der Waals surface area contributed by atoms with Crippen LogP contribution < -0.4 is 5.73 Å². The molecule has 0 aromatic heterocycles. The molecule has 0 saturated carbocycles. The number of nitrogens with zero attached hydrogens (tertiary/aromatic N) is 1. The molecule has 0 spiro atoms. The second-order valence-corrected chi connectivity index (χ2v) is 2.82. The maximum atomic E-state index is 9.08. The highest BCUT2D eigenvalue weighted by atomic mass is 79.9. The van der Waals surface area contributed by atoms with Gasteiger partial charge < -0.3 is 10.8 Å². The summed E-state index contributed by atoms with van der Waals surface area (Å²) >= 11 is 3.13. The van der Waals surface area contributed by atoms with Crippen LogP contribution in [-0.2, 0) is 0 Å². The molecule has 0 fully saturated rings. The summed E-state index contributed by atoms with van der Waals surface area (Å²) in [4.78, 5) is 1.77. The zero-order valence-electron chi connectivity index (χ0n) is 6.12. The third-order valence-electron chi connectivity index (χ3n) is 1.15. The minimum atomic E-state index is -0.486. The molecule has 3 N–H and O–H groups in total. The monoisotopic (exact) mass is 232 g/mol. The van der Waals surface area contributed by atoms with Gasteiger partial charge in [-0.25, -0.2) is 0 Å². The molecule has 64 valence electrons. The first-order valence-electron chi connectivity index (χ1n) is 2.75. The molecular formula is C5H14BrClN2O. The Kier molecular flexibility index (Phi) is 8.44. The Bertz CT molecular complexity index is 84.0. The first-order chi connectivity index (χ1) is 4.09. The van der Waals surface area contributed by atoms with Crippen molar-refractivity contribution in [3.8, 4) is 0 Å². The van der Waals surface area contributed by atoms with E-state index in [4.69, 9.17) is 10.8 Å². The highest BCUT2D eigenvalue weighted by Crippen LogP contribution is 1.96. The Morgan fingerprint density at radius 3 is 2.10 bits per heavy atom.